The van der Waals surface area contributed by atoms with E-state index in [0.29, 0.717) is 11.8 Å². The topological polar surface area (TPSA) is 26.8 Å². The number of nitrogens with zero attached hydrogens (tertiary/aromatic N) is 3. The van der Waals surface area contributed by atoms with E-state index < -0.39 is 0 Å². The zero-order valence-corrected chi connectivity index (χ0v) is 19.5. The second-order valence-electron chi connectivity index (χ2n) is 9.75. The molecule has 1 atom stereocenters. The summed E-state index contributed by atoms with van der Waals surface area (Å²) >= 11 is 3.68. The highest BCUT2D eigenvalue weighted by Crippen LogP contribution is 2.31. The number of halogens is 1. The Morgan fingerprint density at radius 1 is 1.11 bits per heavy atom. The van der Waals surface area contributed by atoms with Gasteiger partial charge in [0.1, 0.15) is 0 Å². The SMILES string of the molecule is CN1CCC(CC(=O)N2CCN(Cc3ccccc3Br)CC2C(C)(C)C)CC1. The van der Waals surface area contributed by atoms with Crippen LogP contribution in [-0.4, -0.2) is 66.4 Å². The smallest absolute Gasteiger partial charge is 0.223 e. The first-order valence-electron chi connectivity index (χ1n) is 10.7. The van der Waals surface area contributed by atoms with Gasteiger partial charge in [0, 0.05) is 43.1 Å². The van der Waals surface area contributed by atoms with Crippen LogP contribution < -0.4 is 0 Å². The molecular weight excluding hydrogens is 414 g/mol. The Morgan fingerprint density at radius 3 is 2.43 bits per heavy atom. The minimum Gasteiger partial charge on any atom is -0.337 e. The molecule has 2 aliphatic heterocycles. The summed E-state index contributed by atoms with van der Waals surface area (Å²) in [6.45, 7) is 12.8. The number of rotatable bonds is 4. The van der Waals surface area contributed by atoms with E-state index in [4.69, 9.17) is 0 Å². The molecule has 0 N–H and O–H groups in total. The molecule has 28 heavy (non-hydrogen) atoms. The Morgan fingerprint density at radius 2 is 1.79 bits per heavy atom. The summed E-state index contributed by atoms with van der Waals surface area (Å²) in [6, 6.07) is 8.72. The normalized spacial score (nSPS) is 23.2. The number of hydrogen-bond donors (Lipinski definition) is 0. The maximum Gasteiger partial charge on any atom is 0.223 e. The number of likely N-dealkylation sites (tertiary alicyclic amines) is 1. The number of carbonyl (C=O) groups excluding carboxylic acids is 1. The van der Waals surface area contributed by atoms with E-state index in [9.17, 15) is 4.79 Å². The summed E-state index contributed by atoms with van der Waals surface area (Å²) in [6.07, 6.45) is 3.04. The van der Waals surface area contributed by atoms with Crippen LogP contribution in [0.15, 0.2) is 28.7 Å². The molecule has 4 nitrogen and oxygen atoms in total. The van der Waals surface area contributed by atoms with Crippen LogP contribution >= 0.6 is 15.9 Å². The van der Waals surface area contributed by atoms with E-state index in [1.54, 1.807) is 0 Å². The minimum absolute atomic E-state index is 0.0784. The Kier molecular flexibility index (Phi) is 7.21. The zero-order chi connectivity index (χ0) is 20.3. The van der Waals surface area contributed by atoms with Gasteiger partial charge in [-0.3, -0.25) is 9.69 Å². The summed E-state index contributed by atoms with van der Waals surface area (Å²) in [5.74, 6) is 0.928. The molecule has 156 valence electrons. The van der Waals surface area contributed by atoms with E-state index in [2.05, 4.69) is 82.7 Å². The third-order valence-electron chi connectivity index (χ3n) is 6.44. The lowest BCUT2D eigenvalue weighted by Crippen LogP contribution is -2.59. The average Bonchev–Trinajstić information content (AvgIpc) is 2.65. The quantitative estimate of drug-likeness (QED) is 0.687. The fourth-order valence-electron chi connectivity index (χ4n) is 4.52. The van der Waals surface area contributed by atoms with E-state index in [1.807, 2.05) is 0 Å². The van der Waals surface area contributed by atoms with E-state index in [1.165, 1.54) is 10.0 Å². The maximum absolute atomic E-state index is 13.2. The van der Waals surface area contributed by atoms with Crippen molar-refractivity contribution in [1.82, 2.24) is 14.7 Å². The fourth-order valence-corrected chi connectivity index (χ4v) is 4.93. The molecule has 1 aromatic rings. The fraction of sp³-hybridized carbons (Fsp3) is 0.696. The van der Waals surface area contributed by atoms with Crippen molar-refractivity contribution < 1.29 is 4.79 Å². The highest BCUT2D eigenvalue weighted by Gasteiger charge is 2.38. The van der Waals surface area contributed by atoms with Crippen molar-refractivity contribution in [2.45, 2.75) is 52.6 Å². The van der Waals surface area contributed by atoms with Gasteiger partial charge in [-0.2, -0.15) is 0 Å². The lowest BCUT2D eigenvalue weighted by Gasteiger charge is -2.48. The molecule has 2 fully saturated rings. The predicted octanol–water partition coefficient (Wildman–Crippen LogP) is 4.24. The summed E-state index contributed by atoms with van der Waals surface area (Å²) in [5, 5.41) is 0. The second kappa shape index (κ2) is 9.27. The summed E-state index contributed by atoms with van der Waals surface area (Å²) in [4.78, 5) is 20.3. The number of amides is 1. The molecule has 1 aromatic carbocycles. The molecule has 1 amide bonds. The molecule has 5 heteroatoms. The standard InChI is InChI=1S/C23H36BrN3O/c1-23(2,3)21-17-26(16-19-7-5-6-8-20(19)24)13-14-27(21)22(28)15-18-9-11-25(4)12-10-18/h5-8,18,21H,9-17H2,1-4H3. The van der Waals surface area contributed by atoms with Gasteiger partial charge in [-0.05, 0) is 55.9 Å². The van der Waals surface area contributed by atoms with Crippen LogP contribution in [0.3, 0.4) is 0 Å². The van der Waals surface area contributed by atoms with Crippen molar-refractivity contribution in [2.24, 2.45) is 11.3 Å². The molecule has 2 saturated heterocycles. The molecule has 0 aliphatic carbocycles. The van der Waals surface area contributed by atoms with Crippen LogP contribution in [0, 0.1) is 11.3 Å². The van der Waals surface area contributed by atoms with Crippen molar-refractivity contribution in [2.75, 3.05) is 39.8 Å². The number of carbonyl (C=O) groups is 1. The lowest BCUT2D eigenvalue weighted by molar-refractivity contribution is -0.141. The zero-order valence-electron chi connectivity index (χ0n) is 18.0. The minimum atomic E-state index is 0.0784. The van der Waals surface area contributed by atoms with Crippen LogP contribution in [0.5, 0.6) is 0 Å². The van der Waals surface area contributed by atoms with E-state index in [0.717, 1.165) is 58.5 Å². The molecule has 3 rings (SSSR count). The summed E-state index contributed by atoms with van der Waals surface area (Å²) < 4.78 is 1.17. The Labute approximate surface area is 179 Å². The van der Waals surface area contributed by atoms with E-state index >= 15 is 0 Å². The van der Waals surface area contributed by atoms with Gasteiger partial charge in [-0.25, -0.2) is 0 Å². The van der Waals surface area contributed by atoms with Gasteiger partial charge >= 0.3 is 0 Å². The molecule has 2 aliphatic rings. The molecule has 2 heterocycles. The van der Waals surface area contributed by atoms with Crippen molar-refractivity contribution in [3.8, 4) is 0 Å². The van der Waals surface area contributed by atoms with Gasteiger partial charge in [0.05, 0.1) is 0 Å². The van der Waals surface area contributed by atoms with Gasteiger partial charge in [-0.1, -0.05) is 54.9 Å². The van der Waals surface area contributed by atoms with Gasteiger partial charge < -0.3 is 9.80 Å². The van der Waals surface area contributed by atoms with Crippen LogP contribution in [-0.2, 0) is 11.3 Å². The monoisotopic (exact) mass is 449 g/mol. The molecular formula is C23H36BrN3O. The molecule has 0 bridgehead atoms. The lowest BCUT2D eigenvalue weighted by atomic mass is 9.83. The van der Waals surface area contributed by atoms with E-state index in [-0.39, 0.29) is 11.5 Å². The first-order valence-corrected chi connectivity index (χ1v) is 11.5. The van der Waals surface area contributed by atoms with Crippen LogP contribution in [0.25, 0.3) is 0 Å². The highest BCUT2D eigenvalue weighted by molar-refractivity contribution is 9.10. The number of benzene rings is 1. The van der Waals surface area contributed by atoms with Gasteiger partial charge in [-0.15, -0.1) is 0 Å². The number of piperazine rings is 1. The largest absolute Gasteiger partial charge is 0.337 e. The average molecular weight is 450 g/mol. The number of piperidine rings is 1. The van der Waals surface area contributed by atoms with Gasteiger partial charge in [0.2, 0.25) is 5.91 Å². The Hall–Kier alpha value is -0.910. The van der Waals surface area contributed by atoms with Gasteiger partial charge in [0.25, 0.3) is 0 Å². The van der Waals surface area contributed by atoms with Crippen LogP contribution in [0.1, 0.15) is 45.6 Å². The molecule has 0 saturated carbocycles. The second-order valence-corrected chi connectivity index (χ2v) is 10.6. The van der Waals surface area contributed by atoms with Crippen LogP contribution in [0.4, 0.5) is 0 Å². The molecule has 0 aromatic heterocycles. The Bertz CT molecular complexity index is 664. The van der Waals surface area contributed by atoms with Crippen molar-refractivity contribution in [3.05, 3.63) is 34.3 Å². The Balaban J connectivity index is 1.64. The third kappa shape index (κ3) is 5.58. The molecule has 1 unspecified atom stereocenters. The number of hydrogen-bond acceptors (Lipinski definition) is 3. The molecule has 0 spiro atoms. The third-order valence-corrected chi connectivity index (χ3v) is 7.21. The highest BCUT2D eigenvalue weighted by atomic mass is 79.9. The maximum atomic E-state index is 13.2. The van der Waals surface area contributed by atoms with Crippen LogP contribution in [0.2, 0.25) is 0 Å². The van der Waals surface area contributed by atoms with Crippen molar-refractivity contribution >= 4 is 21.8 Å². The first-order chi connectivity index (χ1) is 13.2. The van der Waals surface area contributed by atoms with Crippen molar-refractivity contribution in [3.63, 3.8) is 0 Å². The predicted molar refractivity (Wildman–Crippen MR) is 119 cm³/mol. The summed E-state index contributed by atoms with van der Waals surface area (Å²) in [5.41, 5.74) is 1.40. The summed E-state index contributed by atoms with van der Waals surface area (Å²) in [7, 11) is 2.18. The van der Waals surface area contributed by atoms with Crippen molar-refractivity contribution in [1.29, 1.82) is 0 Å². The first kappa shape index (κ1) is 21.8. The van der Waals surface area contributed by atoms with Gasteiger partial charge in [0.15, 0.2) is 0 Å². The molecule has 0 radical (unpaired) electrons.